The molecule has 0 unspecified atom stereocenters. The standard InChI is InChI=1S/C20H15ClF3NO7/c1-8(26)30-18(31-9(2)27)19-6-5-13(32-19)14-15(19)17(29)25(16(14)28)12-7-10(20(22,23)24)3-4-11(12)21/h3-7,13-15,18H,1-2H3/t13-,14+,15-,19+/m1/s1. The second-order valence-electron chi connectivity index (χ2n) is 7.53. The van der Waals surface area contributed by atoms with Crippen LogP contribution in [0.25, 0.3) is 0 Å². The molecule has 4 rings (SSSR count). The van der Waals surface area contributed by atoms with Crippen LogP contribution >= 0.6 is 11.6 Å². The first-order valence-electron chi connectivity index (χ1n) is 9.33. The van der Waals surface area contributed by atoms with Gasteiger partial charge in [0.25, 0.3) is 6.29 Å². The number of benzene rings is 1. The van der Waals surface area contributed by atoms with Gasteiger partial charge in [-0.2, -0.15) is 13.2 Å². The molecule has 0 aliphatic carbocycles. The van der Waals surface area contributed by atoms with Gasteiger partial charge < -0.3 is 14.2 Å². The minimum absolute atomic E-state index is 0.244. The van der Waals surface area contributed by atoms with Crippen LogP contribution in [-0.2, 0) is 39.6 Å². The summed E-state index contributed by atoms with van der Waals surface area (Å²) in [5.74, 6) is -5.89. The minimum Gasteiger partial charge on any atom is -0.422 e. The van der Waals surface area contributed by atoms with Crippen molar-refractivity contribution in [3.05, 3.63) is 40.9 Å². The Morgan fingerprint density at radius 3 is 2.34 bits per heavy atom. The maximum absolute atomic E-state index is 13.4. The normalized spacial score (nSPS) is 28.5. The summed E-state index contributed by atoms with van der Waals surface area (Å²) in [5, 5.41) is -0.244. The molecule has 2 fully saturated rings. The molecule has 0 saturated carbocycles. The first-order valence-corrected chi connectivity index (χ1v) is 9.71. The number of nitrogens with zero attached hydrogens (tertiary/aromatic N) is 1. The molecule has 32 heavy (non-hydrogen) atoms. The van der Waals surface area contributed by atoms with Gasteiger partial charge in [-0.05, 0) is 24.3 Å². The zero-order chi connectivity index (χ0) is 23.6. The zero-order valence-corrected chi connectivity index (χ0v) is 17.3. The first-order chi connectivity index (χ1) is 14.9. The number of rotatable bonds is 4. The predicted octanol–water partition coefficient (Wildman–Crippen LogP) is 2.62. The summed E-state index contributed by atoms with van der Waals surface area (Å²) in [6.07, 6.45) is -4.56. The van der Waals surface area contributed by atoms with Gasteiger partial charge in [-0.25, -0.2) is 4.90 Å². The number of esters is 2. The zero-order valence-electron chi connectivity index (χ0n) is 16.5. The number of ether oxygens (including phenoxy) is 3. The molecular formula is C20H15ClF3NO7. The van der Waals surface area contributed by atoms with Gasteiger partial charge in [0.1, 0.15) is 0 Å². The van der Waals surface area contributed by atoms with E-state index in [1.165, 1.54) is 12.2 Å². The molecule has 0 radical (unpaired) electrons. The maximum atomic E-state index is 13.4. The molecule has 0 spiro atoms. The van der Waals surface area contributed by atoms with Crippen LogP contribution < -0.4 is 4.90 Å². The van der Waals surface area contributed by atoms with Gasteiger partial charge in [0.05, 0.1) is 34.2 Å². The molecule has 3 heterocycles. The van der Waals surface area contributed by atoms with Crippen molar-refractivity contribution < 1.29 is 46.6 Å². The van der Waals surface area contributed by atoms with Crippen LogP contribution in [0.5, 0.6) is 0 Å². The number of halogens is 4. The lowest BCUT2D eigenvalue weighted by molar-refractivity contribution is -0.226. The molecule has 4 atom stereocenters. The number of hydrogen-bond donors (Lipinski definition) is 0. The molecule has 170 valence electrons. The van der Waals surface area contributed by atoms with E-state index in [1.54, 1.807) is 0 Å². The van der Waals surface area contributed by atoms with E-state index in [-0.39, 0.29) is 5.02 Å². The summed E-state index contributed by atoms with van der Waals surface area (Å²) < 4.78 is 55.5. The average molecular weight is 474 g/mol. The fourth-order valence-electron chi connectivity index (χ4n) is 4.31. The number of carbonyl (C=O) groups is 4. The van der Waals surface area contributed by atoms with Crippen molar-refractivity contribution in [1.82, 2.24) is 0 Å². The molecule has 0 aromatic heterocycles. The van der Waals surface area contributed by atoms with Gasteiger partial charge in [-0.1, -0.05) is 17.7 Å². The second kappa shape index (κ2) is 7.31. The molecule has 0 N–H and O–H groups in total. The van der Waals surface area contributed by atoms with Crippen molar-refractivity contribution >= 4 is 41.0 Å². The molecule has 2 bridgehead atoms. The summed E-state index contributed by atoms with van der Waals surface area (Å²) in [6.45, 7) is 2.10. The largest absolute Gasteiger partial charge is 0.422 e. The Morgan fingerprint density at radius 1 is 1.16 bits per heavy atom. The SMILES string of the molecule is CC(=O)OC(OC(C)=O)[C@@]12C=C[C@@H](O1)[C@@H]1C(=O)N(c3cc(C(F)(F)F)ccc3Cl)C(=O)[C@@H]12. The van der Waals surface area contributed by atoms with Gasteiger partial charge >= 0.3 is 18.1 Å². The van der Waals surface area contributed by atoms with E-state index in [9.17, 15) is 32.3 Å². The number of amides is 2. The molecule has 2 saturated heterocycles. The lowest BCUT2D eigenvalue weighted by Crippen LogP contribution is -2.52. The lowest BCUT2D eigenvalue weighted by Gasteiger charge is -2.34. The third-order valence-corrected chi connectivity index (χ3v) is 5.83. The van der Waals surface area contributed by atoms with Gasteiger partial charge in [0, 0.05) is 13.8 Å². The van der Waals surface area contributed by atoms with Crippen LogP contribution in [0.1, 0.15) is 19.4 Å². The maximum Gasteiger partial charge on any atom is 0.416 e. The van der Waals surface area contributed by atoms with Crippen LogP contribution in [0.2, 0.25) is 5.02 Å². The van der Waals surface area contributed by atoms with Crippen molar-refractivity contribution in [1.29, 1.82) is 0 Å². The molecule has 8 nitrogen and oxygen atoms in total. The summed E-state index contributed by atoms with van der Waals surface area (Å²) >= 11 is 6.04. The van der Waals surface area contributed by atoms with Crippen molar-refractivity contribution in [3.63, 3.8) is 0 Å². The Morgan fingerprint density at radius 2 is 1.78 bits per heavy atom. The summed E-state index contributed by atoms with van der Waals surface area (Å²) in [4.78, 5) is 50.2. The van der Waals surface area contributed by atoms with Gasteiger partial charge in [0.15, 0.2) is 5.60 Å². The van der Waals surface area contributed by atoms with E-state index in [4.69, 9.17) is 25.8 Å². The monoisotopic (exact) mass is 473 g/mol. The summed E-state index contributed by atoms with van der Waals surface area (Å²) in [5.41, 5.74) is -3.35. The van der Waals surface area contributed by atoms with Crippen molar-refractivity contribution in [3.8, 4) is 0 Å². The third kappa shape index (κ3) is 3.27. The van der Waals surface area contributed by atoms with E-state index < -0.39 is 71.0 Å². The topological polar surface area (TPSA) is 99.2 Å². The molecule has 1 aromatic rings. The van der Waals surface area contributed by atoms with E-state index in [1.807, 2.05) is 0 Å². The number of anilines is 1. The van der Waals surface area contributed by atoms with Crippen molar-refractivity contribution in [2.24, 2.45) is 11.8 Å². The van der Waals surface area contributed by atoms with Gasteiger partial charge in [-0.15, -0.1) is 0 Å². The second-order valence-corrected chi connectivity index (χ2v) is 7.93. The highest BCUT2D eigenvalue weighted by Crippen LogP contribution is 2.55. The molecule has 3 aliphatic rings. The van der Waals surface area contributed by atoms with Crippen molar-refractivity contribution in [2.45, 2.75) is 38.0 Å². The number of alkyl halides is 3. The number of fused-ring (bicyclic) bond motifs is 5. The predicted molar refractivity (Wildman–Crippen MR) is 100.0 cm³/mol. The molecule has 1 aromatic carbocycles. The number of hydrogen-bond acceptors (Lipinski definition) is 7. The van der Waals surface area contributed by atoms with E-state index in [2.05, 4.69) is 0 Å². The molecule has 3 aliphatic heterocycles. The minimum atomic E-state index is -4.73. The molecule has 2 amide bonds. The quantitative estimate of drug-likeness (QED) is 0.287. The van der Waals surface area contributed by atoms with E-state index >= 15 is 0 Å². The first kappa shape index (κ1) is 22.3. The summed E-state index contributed by atoms with van der Waals surface area (Å²) in [6, 6.07) is 2.27. The van der Waals surface area contributed by atoms with Crippen LogP contribution in [0.3, 0.4) is 0 Å². The van der Waals surface area contributed by atoms with Crippen molar-refractivity contribution in [2.75, 3.05) is 4.90 Å². The van der Waals surface area contributed by atoms with E-state index in [0.717, 1.165) is 26.0 Å². The lowest BCUT2D eigenvalue weighted by atomic mass is 9.76. The third-order valence-electron chi connectivity index (χ3n) is 5.51. The number of imide groups is 1. The Bertz CT molecular complexity index is 1060. The highest BCUT2D eigenvalue weighted by molar-refractivity contribution is 6.36. The summed E-state index contributed by atoms with van der Waals surface area (Å²) in [7, 11) is 0. The highest BCUT2D eigenvalue weighted by Gasteiger charge is 2.72. The average Bonchev–Trinajstić information content (AvgIpc) is 3.32. The Kier molecular flexibility index (Phi) is 5.09. The highest BCUT2D eigenvalue weighted by atomic mass is 35.5. The van der Waals surface area contributed by atoms with E-state index in [0.29, 0.717) is 11.0 Å². The number of carbonyl (C=O) groups excluding carboxylic acids is 4. The van der Waals surface area contributed by atoms with Crippen LogP contribution in [0.15, 0.2) is 30.4 Å². The van der Waals surface area contributed by atoms with Gasteiger partial charge in [-0.3, -0.25) is 19.2 Å². The molecule has 12 heteroatoms. The Hall–Kier alpha value is -2.92. The smallest absolute Gasteiger partial charge is 0.416 e. The fourth-order valence-corrected chi connectivity index (χ4v) is 4.52. The Balaban J connectivity index is 1.78. The Labute approximate surface area is 183 Å². The van der Waals surface area contributed by atoms with Crippen LogP contribution in [0, 0.1) is 11.8 Å². The van der Waals surface area contributed by atoms with Gasteiger partial charge in [0.2, 0.25) is 11.8 Å². The molecular weight excluding hydrogens is 459 g/mol. The van der Waals surface area contributed by atoms with Crippen LogP contribution in [0.4, 0.5) is 18.9 Å². The fraction of sp³-hybridized carbons (Fsp3) is 0.400. The van der Waals surface area contributed by atoms with Crippen LogP contribution in [-0.4, -0.2) is 41.7 Å².